The van der Waals surface area contributed by atoms with E-state index in [2.05, 4.69) is 15.0 Å². The summed E-state index contributed by atoms with van der Waals surface area (Å²) in [5.41, 5.74) is 7.87. The maximum absolute atomic E-state index is 12.5. The number of sulfonamides is 1. The van der Waals surface area contributed by atoms with Gasteiger partial charge in [0.1, 0.15) is 5.84 Å². The van der Waals surface area contributed by atoms with Crippen molar-refractivity contribution in [2.75, 3.05) is 17.6 Å². The predicted octanol–water partition coefficient (Wildman–Crippen LogP) is 2.73. The highest BCUT2D eigenvalue weighted by molar-refractivity contribution is 7.90. The fraction of sp³-hybridized carbons (Fsp3) is 0.263. The zero-order valence-electron chi connectivity index (χ0n) is 15.2. The number of rotatable bonds is 6. The van der Waals surface area contributed by atoms with Crippen molar-refractivity contribution < 1.29 is 13.2 Å². The number of carbonyl (C=O) groups excluding carboxylic acids is 1. The fourth-order valence-electron chi connectivity index (χ4n) is 2.81. The Hall–Kier alpha value is -2.58. The third-order valence-electron chi connectivity index (χ3n) is 4.23. The lowest BCUT2D eigenvalue weighted by Gasteiger charge is -2.10. The molecule has 28 heavy (non-hydrogen) atoms. The Morgan fingerprint density at radius 3 is 2.64 bits per heavy atom. The van der Waals surface area contributed by atoms with Gasteiger partial charge in [-0.3, -0.25) is 14.5 Å². The summed E-state index contributed by atoms with van der Waals surface area (Å²) in [6.45, 7) is 0.639. The first-order valence-electron chi connectivity index (χ1n) is 8.73. The minimum Gasteiger partial charge on any atom is -0.399 e. The number of benzene rings is 2. The van der Waals surface area contributed by atoms with Gasteiger partial charge in [0.05, 0.1) is 4.90 Å². The van der Waals surface area contributed by atoms with Crippen LogP contribution in [0.15, 0.2) is 58.4 Å². The molecule has 1 amide bonds. The number of para-hydroxylation sites is 1. The highest BCUT2D eigenvalue weighted by Crippen LogP contribution is 2.18. The number of amidine groups is 1. The van der Waals surface area contributed by atoms with Gasteiger partial charge < -0.3 is 11.1 Å². The van der Waals surface area contributed by atoms with Gasteiger partial charge in [0.2, 0.25) is 5.91 Å². The van der Waals surface area contributed by atoms with Crippen LogP contribution in [0.4, 0.5) is 11.4 Å². The SMILES string of the molecule is Cl.Nc1ccccc1CCC(=O)Nc1cccc(S(=O)(=O)NC2=NCCC2)c1. The van der Waals surface area contributed by atoms with E-state index in [1.54, 1.807) is 18.2 Å². The number of halogens is 1. The summed E-state index contributed by atoms with van der Waals surface area (Å²) >= 11 is 0. The summed E-state index contributed by atoms with van der Waals surface area (Å²) in [5, 5.41) is 2.74. The molecular formula is C19H23ClN4O3S. The molecule has 0 saturated carbocycles. The minimum atomic E-state index is -3.71. The molecule has 1 aliphatic heterocycles. The van der Waals surface area contributed by atoms with Crippen molar-refractivity contribution in [3.8, 4) is 0 Å². The Balaban J connectivity index is 0.00000280. The average molecular weight is 423 g/mol. The van der Waals surface area contributed by atoms with Crippen LogP contribution < -0.4 is 15.8 Å². The summed E-state index contributed by atoms with van der Waals surface area (Å²) in [5.74, 6) is 0.269. The highest BCUT2D eigenvalue weighted by atomic mass is 35.5. The molecule has 0 saturated heterocycles. The second-order valence-electron chi connectivity index (χ2n) is 6.31. The molecule has 0 fully saturated rings. The molecule has 2 aromatic rings. The first-order valence-corrected chi connectivity index (χ1v) is 10.2. The van der Waals surface area contributed by atoms with Crippen molar-refractivity contribution in [3.05, 3.63) is 54.1 Å². The molecule has 4 N–H and O–H groups in total. The van der Waals surface area contributed by atoms with Gasteiger partial charge in [-0.15, -0.1) is 12.4 Å². The van der Waals surface area contributed by atoms with Crippen LogP contribution in [0.3, 0.4) is 0 Å². The number of nitrogens with one attached hydrogen (secondary N) is 2. The number of hydrogen-bond donors (Lipinski definition) is 3. The Labute approximate surface area is 170 Å². The molecule has 0 unspecified atom stereocenters. The number of nitrogens with zero attached hydrogens (tertiary/aromatic N) is 1. The van der Waals surface area contributed by atoms with Crippen molar-refractivity contribution in [1.82, 2.24) is 4.72 Å². The van der Waals surface area contributed by atoms with Crippen molar-refractivity contribution in [1.29, 1.82) is 0 Å². The molecule has 0 aliphatic carbocycles. The largest absolute Gasteiger partial charge is 0.399 e. The molecule has 3 rings (SSSR count). The third kappa shape index (κ3) is 5.71. The normalized spacial score (nSPS) is 13.4. The summed E-state index contributed by atoms with van der Waals surface area (Å²) in [6.07, 6.45) is 2.23. The van der Waals surface area contributed by atoms with E-state index in [0.717, 1.165) is 12.0 Å². The Kier molecular flexibility index (Phi) is 7.42. The molecule has 7 nitrogen and oxygen atoms in total. The Bertz CT molecular complexity index is 977. The molecule has 0 aromatic heterocycles. The van der Waals surface area contributed by atoms with Gasteiger partial charge in [-0.1, -0.05) is 24.3 Å². The van der Waals surface area contributed by atoms with Crippen molar-refractivity contribution in [3.63, 3.8) is 0 Å². The molecule has 0 bridgehead atoms. The topological polar surface area (TPSA) is 114 Å². The van der Waals surface area contributed by atoms with E-state index in [1.807, 2.05) is 18.2 Å². The van der Waals surface area contributed by atoms with E-state index in [1.165, 1.54) is 12.1 Å². The lowest BCUT2D eigenvalue weighted by molar-refractivity contribution is -0.116. The van der Waals surface area contributed by atoms with E-state index < -0.39 is 10.0 Å². The Morgan fingerprint density at radius 1 is 1.14 bits per heavy atom. The molecule has 9 heteroatoms. The second-order valence-corrected chi connectivity index (χ2v) is 7.99. The minimum absolute atomic E-state index is 0. The van der Waals surface area contributed by atoms with E-state index in [9.17, 15) is 13.2 Å². The van der Waals surface area contributed by atoms with Gasteiger partial charge in [-0.2, -0.15) is 0 Å². The standard InChI is InChI=1S/C19H22N4O3S.ClH/c20-17-8-2-1-5-14(17)10-11-19(24)22-15-6-3-7-16(13-15)27(25,26)23-18-9-4-12-21-18;/h1-3,5-8,13H,4,9-12,20H2,(H,21,23)(H,22,24);1H. The van der Waals surface area contributed by atoms with Gasteiger partial charge in [-0.05, 0) is 42.7 Å². The van der Waals surface area contributed by atoms with Gasteiger partial charge in [0, 0.05) is 30.8 Å². The number of anilines is 2. The van der Waals surface area contributed by atoms with Gasteiger partial charge >= 0.3 is 0 Å². The van der Waals surface area contributed by atoms with Crippen LogP contribution in [0.1, 0.15) is 24.8 Å². The number of carbonyl (C=O) groups is 1. The molecule has 1 aliphatic rings. The van der Waals surface area contributed by atoms with Crippen LogP contribution in [-0.4, -0.2) is 26.7 Å². The van der Waals surface area contributed by atoms with Gasteiger partial charge in [-0.25, -0.2) is 8.42 Å². The first kappa shape index (κ1) is 21.7. The van der Waals surface area contributed by atoms with Gasteiger partial charge in [0.25, 0.3) is 10.0 Å². The molecule has 150 valence electrons. The fourth-order valence-corrected chi connectivity index (χ4v) is 3.95. The van der Waals surface area contributed by atoms with Crippen LogP contribution in [0.2, 0.25) is 0 Å². The third-order valence-corrected chi connectivity index (χ3v) is 5.61. The van der Waals surface area contributed by atoms with Gasteiger partial charge in [0.15, 0.2) is 0 Å². The number of hydrogen-bond acceptors (Lipinski definition) is 5. The zero-order chi connectivity index (χ0) is 19.3. The van der Waals surface area contributed by atoms with Crippen molar-refractivity contribution in [2.24, 2.45) is 4.99 Å². The highest BCUT2D eigenvalue weighted by Gasteiger charge is 2.18. The molecule has 0 spiro atoms. The summed E-state index contributed by atoms with van der Waals surface area (Å²) in [4.78, 5) is 16.4. The van der Waals surface area contributed by atoms with Crippen LogP contribution in [0.5, 0.6) is 0 Å². The lowest BCUT2D eigenvalue weighted by atomic mass is 10.1. The van der Waals surface area contributed by atoms with Crippen molar-refractivity contribution in [2.45, 2.75) is 30.6 Å². The van der Waals surface area contributed by atoms with Crippen LogP contribution >= 0.6 is 12.4 Å². The number of nitrogen functional groups attached to an aromatic ring is 1. The second kappa shape index (κ2) is 9.57. The number of aryl methyl sites for hydroxylation is 1. The van der Waals surface area contributed by atoms with Crippen LogP contribution in [0.25, 0.3) is 0 Å². The first-order chi connectivity index (χ1) is 12.9. The van der Waals surface area contributed by atoms with E-state index in [4.69, 9.17) is 5.73 Å². The van der Waals surface area contributed by atoms with E-state index in [0.29, 0.717) is 36.6 Å². The number of nitrogens with two attached hydrogens (primary N) is 1. The monoisotopic (exact) mass is 422 g/mol. The number of amides is 1. The lowest BCUT2D eigenvalue weighted by Crippen LogP contribution is -2.29. The Morgan fingerprint density at radius 2 is 1.93 bits per heavy atom. The van der Waals surface area contributed by atoms with Crippen molar-refractivity contribution >= 4 is 45.5 Å². The molecule has 1 heterocycles. The predicted molar refractivity (Wildman–Crippen MR) is 113 cm³/mol. The van der Waals surface area contributed by atoms with Crippen LogP contribution in [-0.2, 0) is 21.2 Å². The maximum atomic E-state index is 12.5. The molecular weight excluding hydrogens is 400 g/mol. The quantitative estimate of drug-likeness (QED) is 0.621. The van der Waals surface area contributed by atoms with E-state index >= 15 is 0 Å². The number of aliphatic imine (C=N–C) groups is 1. The molecule has 2 aromatic carbocycles. The van der Waals surface area contributed by atoms with E-state index in [-0.39, 0.29) is 29.6 Å². The smallest absolute Gasteiger partial charge is 0.262 e. The average Bonchev–Trinajstić information content (AvgIpc) is 3.13. The summed E-state index contributed by atoms with van der Waals surface area (Å²) < 4.78 is 27.4. The molecule has 0 atom stereocenters. The molecule has 0 radical (unpaired) electrons. The summed E-state index contributed by atoms with van der Waals surface area (Å²) in [7, 11) is -3.71. The summed E-state index contributed by atoms with van der Waals surface area (Å²) in [6, 6.07) is 13.6. The maximum Gasteiger partial charge on any atom is 0.262 e. The zero-order valence-corrected chi connectivity index (χ0v) is 16.9. The van der Waals surface area contributed by atoms with Crippen LogP contribution in [0, 0.1) is 0 Å².